The highest BCUT2D eigenvalue weighted by molar-refractivity contribution is 6.00. The van der Waals surface area contributed by atoms with Crippen LogP contribution in [-0.4, -0.2) is 40.5 Å². The van der Waals surface area contributed by atoms with E-state index in [-0.39, 0.29) is 23.8 Å². The number of fused-ring (bicyclic) bond motifs is 14. The number of hydrogen-bond acceptors (Lipinski definition) is 4. The second kappa shape index (κ2) is 10.3. The molecule has 6 heteroatoms. The third-order valence-electron chi connectivity index (χ3n) is 11.2. The second-order valence-corrected chi connectivity index (χ2v) is 15.1. The molecule has 10 aliphatic rings. The molecule has 2 heterocycles. The molecule has 2 aliphatic heterocycles. The first kappa shape index (κ1) is 27.2. The highest BCUT2D eigenvalue weighted by Crippen LogP contribution is 2.53. The van der Waals surface area contributed by atoms with Crippen LogP contribution >= 0.6 is 0 Å². The molecule has 2 saturated heterocycles. The van der Waals surface area contributed by atoms with E-state index in [1.165, 1.54) is 49.8 Å². The number of carbonyl (C=O) groups is 3. The first-order chi connectivity index (χ1) is 19.6. The Morgan fingerprint density at radius 2 is 1.20 bits per heavy atom. The Balaban J connectivity index is 0.0000000969. The summed E-state index contributed by atoms with van der Waals surface area (Å²) in [6.07, 6.45) is 28.8. The van der Waals surface area contributed by atoms with Gasteiger partial charge in [0.05, 0.1) is 17.9 Å². The fourth-order valence-corrected chi connectivity index (χ4v) is 9.20. The summed E-state index contributed by atoms with van der Waals surface area (Å²) in [5.41, 5.74) is -0.546. The fraction of sp³-hybridized carbons (Fsp3) is 0.686. The van der Waals surface area contributed by atoms with E-state index in [2.05, 4.69) is 53.9 Å². The zero-order chi connectivity index (χ0) is 28.5. The van der Waals surface area contributed by atoms with Crippen LogP contribution in [0.5, 0.6) is 0 Å². The number of nitrogens with one attached hydrogen (secondary N) is 1. The Kier molecular flexibility index (Phi) is 6.82. The Morgan fingerprint density at radius 3 is 1.61 bits per heavy atom. The van der Waals surface area contributed by atoms with Crippen molar-refractivity contribution in [3.63, 3.8) is 0 Å². The molecule has 1 N–H and O–H groups in total. The van der Waals surface area contributed by atoms with Crippen molar-refractivity contribution in [1.82, 2.24) is 10.2 Å². The minimum atomic E-state index is -0.546. The maximum atomic E-state index is 12.0. The summed E-state index contributed by atoms with van der Waals surface area (Å²) in [5.74, 6) is 6.56. The molecule has 8 bridgehead atoms. The first-order valence-electron chi connectivity index (χ1n) is 16.2. The summed E-state index contributed by atoms with van der Waals surface area (Å²) in [4.78, 5) is 36.2. The van der Waals surface area contributed by atoms with Gasteiger partial charge in [0.15, 0.2) is 0 Å². The minimum absolute atomic E-state index is 0.0394. The molecule has 0 aromatic rings. The largest absolute Gasteiger partial charge is 0.443 e. The number of β-lactam (4-membered cyclic amide) rings is 2. The zero-order valence-corrected chi connectivity index (χ0v) is 24.8. The van der Waals surface area contributed by atoms with Crippen LogP contribution in [0, 0.1) is 59.2 Å². The van der Waals surface area contributed by atoms with E-state index in [9.17, 15) is 14.4 Å². The predicted octanol–water partition coefficient (Wildman–Crippen LogP) is 6.21. The van der Waals surface area contributed by atoms with Gasteiger partial charge >= 0.3 is 6.09 Å². The van der Waals surface area contributed by atoms with Crippen molar-refractivity contribution in [3.8, 4) is 0 Å². The fourth-order valence-electron chi connectivity index (χ4n) is 9.20. The van der Waals surface area contributed by atoms with Crippen LogP contribution in [0.1, 0.15) is 72.1 Å². The lowest BCUT2D eigenvalue weighted by Crippen LogP contribution is -2.65. The molecule has 10 rings (SSSR count). The summed E-state index contributed by atoms with van der Waals surface area (Å²) < 4.78 is 5.27. The van der Waals surface area contributed by atoms with E-state index in [0.29, 0.717) is 35.6 Å². The van der Waals surface area contributed by atoms with Gasteiger partial charge in [-0.3, -0.25) is 9.59 Å². The molecule has 4 saturated carbocycles. The van der Waals surface area contributed by atoms with Gasteiger partial charge in [0, 0.05) is 6.04 Å². The van der Waals surface area contributed by atoms with Crippen LogP contribution in [0.15, 0.2) is 48.6 Å². The zero-order valence-electron chi connectivity index (χ0n) is 24.8. The number of allylic oxidation sites excluding steroid dienone is 6. The highest BCUT2D eigenvalue weighted by Gasteiger charge is 2.63. The molecular weight excluding hydrogens is 512 g/mol. The van der Waals surface area contributed by atoms with Gasteiger partial charge in [-0.1, -0.05) is 48.6 Å². The molecule has 6 fully saturated rings. The first-order valence-corrected chi connectivity index (χ1v) is 16.2. The molecule has 0 aromatic heterocycles. The summed E-state index contributed by atoms with van der Waals surface area (Å²) in [6, 6.07) is 0.579. The number of likely N-dealkylation sites (tertiary alicyclic amines) is 1. The number of imide groups is 1. The number of carbonyl (C=O) groups excluding carboxylic acids is 3. The van der Waals surface area contributed by atoms with Gasteiger partial charge in [-0.05, 0) is 119 Å². The lowest BCUT2D eigenvalue weighted by molar-refractivity contribution is -0.154. The van der Waals surface area contributed by atoms with Crippen molar-refractivity contribution in [2.75, 3.05) is 0 Å². The topological polar surface area (TPSA) is 75.7 Å². The van der Waals surface area contributed by atoms with Gasteiger partial charge in [-0.2, -0.15) is 0 Å². The molecule has 3 amide bonds. The predicted molar refractivity (Wildman–Crippen MR) is 157 cm³/mol. The number of hydrogen-bond donors (Lipinski definition) is 1. The third kappa shape index (κ3) is 5.03. The Labute approximate surface area is 244 Å². The summed E-state index contributed by atoms with van der Waals surface area (Å²) in [5, 5.41) is 2.95. The van der Waals surface area contributed by atoms with Gasteiger partial charge in [-0.25, -0.2) is 9.69 Å². The number of nitrogens with zero attached hydrogens (tertiary/aromatic N) is 1. The summed E-state index contributed by atoms with van der Waals surface area (Å²) in [7, 11) is 0. The minimum Gasteiger partial charge on any atom is -0.443 e. The van der Waals surface area contributed by atoms with Crippen LogP contribution in [-0.2, 0) is 14.3 Å². The average Bonchev–Trinajstić information content (AvgIpc) is 3.76. The molecule has 6 nitrogen and oxygen atoms in total. The van der Waals surface area contributed by atoms with E-state index in [4.69, 9.17) is 4.74 Å². The van der Waals surface area contributed by atoms with Crippen molar-refractivity contribution >= 4 is 17.9 Å². The quantitative estimate of drug-likeness (QED) is 0.284. The van der Waals surface area contributed by atoms with Gasteiger partial charge in [0.2, 0.25) is 11.8 Å². The molecule has 4 unspecified atom stereocenters. The SMILES string of the molecule is C1=C[C@H]2CC[C@@H]1C2.C1=C[C@H]2CC[C@@H]1C2.CC(C)(C)OC(=O)N1C(=O)C2C1[C@H]1C=C[C@@H]2C1.O=C1NC2C1[C@@H]1C=C[C@H]2C1. The standard InChI is InChI=1S/C13H17NO3.C8H9NO.2C7H10/c1-13(2,3)17-12(16)14-10-8-5-4-7(6-8)9(10)11(14)15;10-8-6-4-1-2-5(3-4)7(6)9-8;2*1-2-7-4-3-6(1)5-7/h4-5,7-10H,6H2,1-3H3;1-2,4-7H,3H2,(H,9,10);2*1-2,6-7H,3-5H2/t7-,8+,9?,10?;4-,5+,6?,7?;2*6-,7+/m11../s1. The van der Waals surface area contributed by atoms with Crippen molar-refractivity contribution in [3.05, 3.63) is 48.6 Å². The van der Waals surface area contributed by atoms with Crippen LogP contribution in [0.25, 0.3) is 0 Å². The van der Waals surface area contributed by atoms with Crippen molar-refractivity contribution < 1.29 is 19.1 Å². The highest BCUT2D eigenvalue weighted by atomic mass is 16.6. The molecule has 41 heavy (non-hydrogen) atoms. The van der Waals surface area contributed by atoms with Gasteiger partial charge in [0.25, 0.3) is 0 Å². The molecule has 0 spiro atoms. The third-order valence-corrected chi connectivity index (χ3v) is 11.2. The molecule has 220 valence electrons. The van der Waals surface area contributed by atoms with E-state index in [0.717, 1.165) is 30.1 Å². The molecule has 0 aromatic carbocycles. The Hall–Kier alpha value is -2.63. The Bertz CT molecular complexity index is 1160. The number of ether oxygens (including phenoxy) is 1. The maximum Gasteiger partial charge on any atom is 0.417 e. The van der Waals surface area contributed by atoms with Gasteiger partial charge in [-0.15, -0.1) is 0 Å². The van der Waals surface area contributed by atoms with Crippen LogP contribution in [0.2, 0.25) is 0 Å². The van der Waals surface area contributed by atoms with Crippen molar-refractivity contribution in [2.45, 2.75) is 89.8 Å². The number of rotatable bonds is 0. The monoisotopic (exact) mass is 558 g/mol. The van der Waals surface area contributed by atoms with E-state index in [1.807, 2.05) is 20.8 Å². The summed E-state index contributed by atoms with van der Waals surface area (Å²) in [6.45, 7) is 5.44. The van der Waals surface area contributed by atoms with Crippen LogP contribution in [0.4, 0.5) is 4.79 Å². The molecule has 0 radical (unpaired) electrons. The smallest absolute Gasteiger partial charge is 0.417 e. The van der Waals surface area contributed by atoms with Crippen LogP contribution in [0.3, 0.4) is 0 Å². The number of amides is 3. The lowest BCUT2D eigenvalue weighted by atomic mass is 9.80. The second-order valence-electron chi connectivity index (χ2n) is 15.1. The van der Waals surface area contributed by atoms with E-state index < -0.39 is 11.7 Å². The molecule has 8 aliphatic carbocycles. The van der Waals surface area contributed by atoms with Gasteiger partial charge < -0.3 is 10.1 Å². The van der Waals surface area contributed by atoms with Crippen LogP contribution < -0.4 is 5.32 Å². The summed E-state index contributed by atoms with van der Waals surface area (Å²) >= 11 is 0. The van der Waals surface area contributed by atoms with Crippen molar-refractivity contribution in [1.29, 1.82) is 0 Å². The average molecular weight is 559 g/mol. The molecule has 12 atom stereocenters. The lowest BCUT2D eigenvalue weighted by Gasteiger charge is -2.46. The molecular formula is C35H46N2O4. The van der Waals surface area contributed by atoms with E-state index in [1.54, 1.807) is 0 Å². The van der Waals surface area contributed by atoms with Crippen molar-refractivity contribution in [2.24, 2.45) is 59.2 Å². The Morgan fingerprint density at radius 1 is 0.707 bits per heavy atom. The normalized spacial score (nSPS) is 44.6. The maximum absolute atomic E-state index is 12.0. The van der Waals surface area contributed by atoms with Gasteiger partial charge in [0.1, 0.15) is 5.60 Å². The van der Waals surface area contributed by atoms with E-state index >= 15 is 0 Å².